The minimum absolute atomic E-state index is 0.0671. The Kier molecular flexibility index (Phi) is 7.92. The zero-order valence-electron chi connectivity index (χ0n) is 36.9. The summed E-state index contributed by atoms with van der Waals surface area (Å²) in [6.07, 6.45) is 6.94. The number of hydrogen-bond donors (Lipinski definition) is 0. The largest absolute Gasteiger partial charge is 0.208 e. The highest BCUT2D eigenvalue weighted by atomic mass is 15.0. The van der Waals surface area contributed by atoms with Crippen molar-refractivity contribution in [2.45, 2.75) is 56.8 Å². The van der Waals surface area contributed by atoms with Crippen LogP contribution >= 0.6 is 0 Å². The maximum absolute atomic E-state index is 5.24. The van der Waals surface area contributed by atoms with E-state index in [1.807, 2.05) is 6.07 Å². The summed E-state index contributed by atoms with van der Waals surface area (Å²) < 4.78 is 0. The van der Waals surface area contributed by atoms with E-state index in [4.69, 9.17) is 15.0 Å². The maximum Gasteiger partial charge on any atom is 0.164 e. The topological polar surface area (TPSA) is 38.7 Å². The van der Waals surface area contributed by atoms with E-state index < -0.39 is 0 Å². The molecule has 15 rings (SSSR count). The van der Waals surface area contributed by atoms with Gasteiger partial charge in [-0.15, -0.1) is 0 Å². The molecule has 1 aromatic heterocycles. The van der Waals surface area contributed by atoms with E-state index in [1.165, 1.54) is 92.9 Å². The van der Waals surface area contributed by atoms with E-state index in [2.05, 4.69) is 184 Å². The highest BCUT2D eigenvalue weighted by Crippen LogP contribution is 2.69. The van der Waals surface area contributed by atoms with Crippen molar-refractivity contribution in [3.05, 3.63) is 198 Å². The van der Waals surface area contributed by atoms with Crippen LogP contribution in [0.5, 0.6) is 0 Å². The van der Waals surface area contributed by atoms with Gasteiger partial charge in [0.25, 0.3) is 0 Å². The fourth-order valence-electron chi connectivity index (χ4n) is 14.1. The summed E-state index contributed by atoms with van der Waals surface area (Å²) in [6.45, 7) is 4.91. The molecule has 0 aliphatic heterocycles. The van der Waals surface area contributed by atoms with Gasteiger partial charge in [0.05, 0.1) is 0 Å². The van der Waals surface area contributed by atoms with Gasteiger partial charge >= 0.3 is 0 Å². The van der Waals surface area contributed by atoms with Gasteiger partial charge in [0, 0.05) is 27.5 Å². The number of fused-ring (bicyclic) bond motifs is 5. The van der Waals surface area contributed by atoms with Gasteiger partial charge in [-0.1, -0.05) is 172 Å². The molecule has 6 aliphatic rings. The lowest BCUT2D eigenvalue weighted by Crippen LogP contribution is -2.58. The van der Waals surface area contributed by atoms with E-state index in [0.717, 1.165) is 34.1 Å². The van der Waals surface area contributed by atoms with Gasteiger partial charge < -0.3 is 0 Å². The highest BCUT2D eigenvalue weighted by Gasteiger charge is 2.62. The monoisotopic (exact) mass is 835 g/mol. The molecule has 0 amide bonds. The quantitative estimate of drug-likeness (QED) is 0.173. The molecule has 1 spiro atoms. The molecule has 0 radical (unpaired) electrons. The third-order valence-electron chi connectivity index (χ3n) is 16.7. The molecule has 0 atom stereocenters. The van der Waals surface area contributed by atoms with E-state index in [9.17, 15) is 0 Å². The Labute approximate surface area is 381 Å². The molecule has 4 saturated carbocycles. The summed E-state index contributed by atoms with van der Waals surface area (Å²) in [6, 6.07) is 65.2. The smallest absolute Gasteiger partial charge is 0.164 e. The molecule has 3 heteroatoms. The summed E-state index contributed by atoms with van der Waals surface area (Å²) in [5, 5.41) is 2.65. The van der Waals surface area contributed by atoms with Crippen LogP contribution in [0.15, 0.2) is 176 Å². The summed E-state index contributed by atoms with van der Waals surface area (Å²) in [5.41, 5.74) is 19.3. The second-order valence-corrected chi connectivity index (χ2v) is 20.4. The third-order valence-corrected chi connectivity index (χ3v) is 16.7. The molecule has 6 aliphatic carbocycles. The zero-order valence-corrected chi connectivity index (χ0v) is 36.9. The Hall–Kier alpha value is -6.97. The third kappa shape index (κ3) is 5.45. The Morgan fingerprint density at radius 2 is 0.862 bits per heavy atom. The molecule has 0 saturated heterocycles. The zero-order chi connectivity index (χ0) is 43.0. The van der Waals surface area contributed by atoms with Crippen molar-refractivity contribution in [2.24, 2.45) is 23.7 Å². The summed E-state index contributed by atoms with van der Waals surface area (Å²) in [7, 11) is 0. The molecule has 1 heterocycles. The van der Waals surface area contributed by atoms with Crippen molar-refractivity contribution in [1.29, 1.82) is 0 Å². The summed E-state index contributed by atoms with van der Waals surface area (Å²) in [5.74, 6) is 5.22. The standard InChI is InChI=1S/C62H49N3/c1-61(2)53-19-6-7-20-55(53)62(47-30-37-29-38(32-47)33-48(62)31-37)56-36-45(26-28-54(56)61)43-15-8-16-46(34-43)60-64-58(41-11-4-3-5-12-41)63-59(65-60)42-23-21-39(22-24-42)44-25-27-49-50-17-9-13-40-14-10-18-51(57(40)50)52(49)35-44/h3-28,34-38,47-48H,29-33H2,1-2H3. The number of benzene rings is 8. The Morgan fingerprint density at radius 1 is 0.354 bits per heavy atom. The minimum atomic E-state index is -0.0671. The number of rotatable bonds is 5. The van der Waals surface area contributed by atoms with Crippen LogP contribution in [0, 0.1) is 23.7 Å². The first-order valence-corrected chi connectivity index (χ1v) is 23.8. The molecule has 4 fully saturated rings. The van der Waals surface area contributed by atoms with Crippen LogP contribution in [0.1, 0.15) is 68.2 Å². The molecule has 8 aromatic carbocycles. The van der Waals surface area contributed by atoms with Crippen molar-refractivity contribution in [1.82, 2.24) is 15.0 Å². The van der Waals surface area contributed by atoms with Gasteiger partial charge in [-0.25, -0.2) is 15.0 Å². The Balaban J connectivity index is 0.849. The molecular weight excluding hydrogens is 787 g/mol. The lowest BCUT2D eigenvalue weighted by Gasteiger charge is -2.64. The average molecular weight is 836 g/mol. The first kappa shape index (κ1) is 37.4. The van der Waals surface area contributed by atoms with E-state index >= 15 is 0 Å². The van der Waals surface area contributed by atoms with E-state index in [-0.39, 0.29) is 10.8 Å². The fourth-order valence-corrected chi connectivity index (χ4v) is 14.1. The van der Waals surface area contributed by atoms with Gasteiger partial charge in [0.15, 0.2) is 17.5 Å². The Morgan fingerprint density at radius 3 is 1.58 bits per heavy atom. The predicted molar refractivity (Wildman–Crippen MR) is 265 cm³/mol. The second-order valence-electron chi connectivity index (χ2n) is 20.4. The van der Waals surface area contributed by atoms with Crippen molar-refractivity contribution in [3.8, 4) is 78.7 Å². The first-order chi connectivity index (χ1) is 31.9. The van der Waals surface area contributed by atoms with Crippen LogP contribution < -0.4 is 0 Å². The molecule has 0 unspecified atom stereocenters. The van der Waals surface area contributed by atoms with Crippen LogP contribution in [-0.4, -0.2) is 15.0 Å². The molecule has 4 bridgehead atoms. The van der Waals surface area contributed by atoms with Crippen LogP contribution in [0.3, 0.4) is 0 Å². The van der Waals surface area contributed by atoms with Crippen LogP contribution in [0.4, 0.5) is 0 Å². The lowest BCUT2D eigenvalue weighted by molar-refractivity contribution is -0.0443. The average Bonchev–Trinajstić information content (AvgIpc) is 3.68. The second kappa shape index (κ2) is 13.8. The fraction of sp³-hybridized carbons (Fsp3) is 0.210. The minimum Gasteiger partial charge on any atom is -0.208 e. The van der Waals surface area contributed by atoms with Crippen molar-refractivity contribution in [2.75, 3.05) is 0 Å². The molecule has 65 heavy (non-hydrogen) atoms. The number of hydrogen-bond acceptors (Lipinski definition) is 3. The van der Waals surface area contributed by atoms with E-state index in [1.54, 1.807) is 11.1 Å². The van der Waals surface area contributed by atoms with Gasteiger partial charge in [-0.3, -0.25) is 0 Å². The molecular formula is C62H49N3. The maximum atomic E-state index is 5.24. The van der Waals surface area contributed by atoms with Crippen LogP contribution in [0.25, 0.3) is 89.4 Å². The number of aromatic nitrogens is 3. The van der Waals surface area contributed by atoms with Gasteiger partial charge in [-0.05, 0) is 152 Å². The SMILES string of the molecule is CC1(C)c2ccccc2C2(c3cc(-c4cccc(-c5nc(-c6ccccc6)nc(-c6ccc(-c7ccc8c(c7)-c7cccc9cccc-8c79)cc6)n5)c4)ccc31)C1CC3CC(C1)CC2C3. The van der Waals surface area contributed by atoms with Crippen LogP contribution in [0.2, 0.25) is 0 Å². The molecule has 0 N–H and O–H groups in total. The molecule has 9 aromatic rings. The predicted octanol–water partition coefficient (Wildman–Crippen LogP) is 15.4. The van der Waals surface area contributed by atoms with E-state index in [0.29, 0.717) is 29.3 Å². The van der Waals surface area contributed by atoms with Gasteiger partial charge in [0.1, 0.15) is 0 Å². The molecule has 312 valence electrons. The van der Waals surface area contributed by atoms with Crippen LogP contribution in [-0.2, 0) is 10.8 Å². The van der Waals surface area contributed by atoms with Crippen molar-refractivity contribution in [3.63, 3.8) is 0 Å². The summed E-state index contributed by atoms with van der Waals surface area (Å²) >= 11 is 0. The highest BCUT2D eigenvalue weighted by molar-refractivity contribution is 6.15. The van der Waals surface area contributed by atoms with Gasteiger partial charge in [-0.2, -0.15) is 0 Å². The number of nitrogens with zero attached hydrogens (tertiary/aromatic N) is 3. The normalized spacial score (nSPS) is 22.5. The van der Waals surface area contributed by atoms with Crippen molar-refractivity contribution >= 4 is 10.8 Å². The first-order valence-electron chi connectivity index (χ1n) is 23.8. The lowest BCUT2D eigenvalue weighted by atomic mass is 9.39. The Bertz CT molecular complexity index is 3380. The summed E-state index contributed by atoms with van der Waals surface area (Å²) in [4.78, 5) is 15.5. The van der Waals surface area contributed by atoms with Gasteiger partial charge in [0.2, 0.25) is 0 Å². The molecule has 3 nitrogen and oxygen atoms in total. The van der Waals surface area contributed by atoms with Crippen molar-refractivity contribution < 1.29 is 0 Å².